The van der Waals surface area contributed by atoms with E-state index in [4.69, 9.17) is 4.74 Å². The second kappa shape index (κ2) is 7.62. The normalized spacial score (nSPS) is 18.0. The van der Waals surface area contributed by atoms with Crippen molar-refractivity contribution in [2.45, 2.75) is 12.8 Å². The summed E-state index contributed by atoms with van der Waals surface area (Å²) in [6.07, 6.45) is 2.16. The molecule has 1 fully saturated rings. The van der Waals surface area contributed by atoms with Gasteiger partial charge in [-0.1, -0.05) is 24.3 Å². The monoisotopic (exact) mass is 330 g/mol. The SMILES string of the molecule is COCC1CCCN(C(=O)Nc2ccccc2-c2cccs2)C1. The van der Waals surface area contributed by atoms with Gasteiger partial charge < -0.3 is 15.0 Å². The molecular weight excluding hydrogens is 308 g/mol. The molecule has 122 valence electrons. The Morgan fingerprint density at radius 3 is 3.00 bits per heavy atom. The highest BCUT2D eigenvalue weighted by Gasteiger charge is 2.24. The number of piperidine rings is 1. The van der Waals surface area contributed by atoms with Crippen LogP contribution in [0.25, 0.3) is 10.4 Å². The van der Waals surface area contributed by atoms with E-state index in [1.54, 1.807) is 18.4 Å². The summed E-state index contributed by atoms with van der Waals surface area (Å²) >= 11 is 1.68. The van der Waals surface area contributed by atoms with Gasteiger partial charge in [-0.15, -0.1) is 11.3 Å². The van der Waals surface area contributed by atoms with Gasteiger partial charge in [0.2, 0.25) is 0 Å². The van der Waals surface area contributed by atoms with Gasteiger partial charge in [-0.25, -0.2) is 4.79 Å². The topological polar surface area (TPSA) is 41.6 Å². The molecule has 0 saturated carbocycles. The smallest absolute Gasteiger partial charge is 0.321 e. The number of urea groups is 1. The van der Waals surface area contributed by atoms with E-state index in [2.05, 4.69) is 11.4 Å². The Morgan fingerprint density at radius 1 is 1.35 bits per heavy atom. The van der Waals surface area contributed by atoms with Crippen molar-refractivity contribution in [2.24, 2.45) is 5.92 Å². The summed E-state index contributed by atoms with van der Waals surface area (Å²) < 4.78 is 5.24. The summed E-state index contributed by atoms with van der Waals surface area (Å²) in [6, 6.07) is 12.0. The minimum atomic E-state index is -0.0187. The first-order valence-electron chi connectivity index (χ1n) is 7.95. The number of anilines is 1. The van der Waals surface area contributed by atoms with Gasteiger partial charge in [-0.3, -0.25) is 0 Å². The van der Waals surface area contributed by atoms with Crippen LogP contribution in [0.3, 0.4) is 0 Å². The summed E-state index contributed by atoms with van der Waals surface area (Å²) in [7, 11) is 1.72. The zero-order valence-electron chi connectivity index (χ0n) is 13.3. The highest BCUT2D eigenvalue weighted by atomic mass is 32.1. The summed E-state index contributed by atoms with van der Waals surface area (Å²) in [5.41, 5.74) is 1.94. The molecule has 0 spiro atoms. The van der Waals surface area contributed by atoms with Crippen LogP contribution in [-0.2, 0) is 4.74 Å². The molecule has 1 unspecified atom stereocenters. The molecule has 1 atom stereocenters. The third-order valence-electron chi connectivity index (χ3n) is 4.16. The van der Waals surface area contributed by atoms with E-state index in [1.807, 2.05) is 40.6 Å². The average Bonchev–Trinajstić information content (AvgIpc) is 3.10. The van der Waals surface area contributed by atoms with Crippen LogP contribution in [-0.4, -0.2) is 37.7 Å². The molecule has 1 aromatic carbocycles. The number of carbonyl (C=O) groups excluding carboxylic acids is 1. The number of para-hydroxylation sites is 1. The Hall–Kier alpha value is -1.85. The van der Waals surface area contributed by atoms with Gasteiger partial charge in [0.25, 0.3) is 0 Å². The standard InChI is InChI=1S/C18H22N2O2S/c1-22-13-14-6-4-10-20(12-14)18(21)19-16-8-3-2-7-15(16)17-9-5-11-23-17/h2-3,5,7-9,11,14H,4,6,10,12-13H2,1H3,(H,19,21). The Balaban J connectivity index is 1.71. The van der Waals surface area contributed by atoms with E-state index in [0.717, 1.165) is 48.7 Å². The molecule has 1 aliphatic rings. The first-order chi connectivity index (χ1) is 11.3. The number of methoxy groups -OCH3 is 1. The van der Waals surface area contributed by atoms with Gasteiger partial charge in [0, 0.05) is 36.6 Å². The summed E-state index contributed by atoms with van der Waals surface area (Å²) in [6.45, 7) is 2.30. The highest BCUT2D eigenvalue weighted by Crippen LogP contribution is 2.31. The zero-order valence-corrected chi connectivity index (χ0v) is 14.1. The first kappa shape index (κ1) is 16.0. The maximum atomic E-state index is 12.6. The first-order valence-corrected chi connectivity index (χ1v) is 8.83. The molecular formula is C18H22N2O2S. The molecule has 0 radical (unpaired) electrons. The Labute approximate surface area is 141 Å². The van der Waals surface area contributed by atoms with Gasteiger partial charge in [-0.2, -0.15) is 0 Å². The van der Waals surface area contributed by atoms with Crippen molar-refractivity contribution in [1.82, 2.24) is 4.90 Å². The Kier molecular flexibility index (Phi) is 5.31. The molecule has 3 rings (SSSR count). The van der Waals surface area contributed by atoms with E-state index < -0.39 is 0 Å². The zero-order chi connectivity index (χ0) is 16.1. The number of thiophene rings is 1. The van der Waals surface area contributed by atoms with Crippen LogP contribution in [0.5, 0.6) is 0 Å². The van der Waals surface area contributed by atoms with Crippen LogP contribution >= 0.6 is 11.3 Å². The molecule has 5 heteroatoms. The second-order valence-corrected chi connectivity index (χ2v) is 6.81. The van der Waals surface area contributed by atoms with Crippen LogP contribution in [0.2, 0.25) is 0 Å². The molecule has 2 amide bonds. The van der Waals surface area contributed by atoms with E-state index in [9.17, 15) is 4.79 Å². The molecule has 2 heterocycles. The lowest BCUT2D eigenvalue weighted by Gasteiger charge is -2.32. The average molecular weight is 330 g/mol. The lowest BCUT2D eigenvalue weighted by atomic mass is 9.99. The van der Waals surface area contributed by atoms with Crippen molar-refractivity contribution in [2.75, 3.05) is 32.1 Å². The number of ether oxygens (including phenoxy) is 1. The molecule has 1 saturated heterocycles. The van der Waals surface area contributed by atoms with Crippen LogP contribution in [0.15, 0.2) is 41.8 Å². The third kappa shape index (κ3) is 3.92. The van der Waals surface area contributed by atoms with Crippen molar-refractivity contribution in [1.29, 1.82) is 0 Å². The number of likely N-dealkylation sites (tertiary alicyclic amines) is 1. The molecule has 1 aliphatic heterocycles. The molecule has 23 heavy (non-hydrogen) atoms. The summed E-state index contributed by atoms with van der Waals surface area (Å²) in [4.78, 5) is 15.7. The van der Waals surface area contributed by atoms with Crippen LogP contribution in [0.4, 0.5) is 10.5 Å². The van der Waals surface area contributed by atoms with Crippen molar-refractivity contribution >= 4 is 23.1 Å². The molecule has 1 N–H and O–H groups in total. The van der Waals surface area contributed by atoms with Gasteiger partial charge >= 0.3 is 6.03 Å². The van der Waals surface area contributed by atoms with Crippen LogP contribution in [0, 0.1) is 5.92 Å². The predicted octanol–water partition coefficient (Wildman–Crippen LogP) is 4.31. The molecule has 0 bridgehead atoms. The number of rotatable bonds is 4. The van der Waals surface area contributed by atoms with Crippen LogP contribution in [0.1, 0.15) is 12.8 Å². The van der Waals surface area contributed by atoms with Gasteiger partial charge in [-0.05, 0) is 30.4 Å². The number of benzene rings is 1. The maximum absolute atomic E-state index is 12.6. The van der Waals surface area contributed by atoms with Crippen molar-refractivity contribution in [3.05, 3.63) is 41.8 Å². The van der Waals surface area contributed by atoms with E-state index in [1.165, 1.54) is 0 Å². The van der Waals surface area contributed by atoms with Gasteiger partial charge in [0.05, 0.1) is 12.3 Å². The number of amides is 2. The second-order valence-electron chi connectivity index (χ2n) is 5.86. The number of nitrogens with zero attached hydrogens (tertiary/aromatic N) is 1. The largest absolute Gasteiger partial charge is 0.384 e. The van der Waals surface area contributed by atoms with E-state index in [0.29, 0.717) is 5.92 Å². The fraction of sp³-hybridized carbons (Fsp3) is 0.389. The minimum Gasteiger partial charge on any atom is -0.384 e. The van der Waals surface area contributed by atoms with Gasteiger partial charge in [0.1, 0.15) is 0 Å². The van der Waals surface area contributed by atoms with E-state index in [-0.39, 0.29) is 6.03 Å². The fourth-order valence-corrected chi connectivity index (χ4v) is 3.82. The lowest BCUT2D eigenvalue weighted by Crippen LogP contribution is -2.43. The number of carbonyl (C=O) groups is 1. The van der Waals surface area contributed by atoms with Crippen molar-refractivity contribution in [3.8, 4) is 10.4 Å². The van der Waals surface area contributed by atoms with E-state index >= 15 is 0 Å². The predicted molar refractivity (Wildman–Crippen MR) is 94.9 cm³/mol. The molecule has 1 aromatic heterocycles. The van der Waals surface area contributed by atoms with Crippen LogP contribution < -0.4 is 5.32 Å². The number of hydrogen-bond acceptors (Lipinski definition) is 3. The van der Waals surface area contributed by atoms with Crippen molar-refractivity contribution < 1.29 is 9.53 Å². The Bertz CT molecular complexity index is 640. The quantitative estimate of drug-likeness (QED) is 0.908. The Morgan fingerprint density at radius 2 is 2.22 bits per heavy atom. The lowest BCUT2D eigenvalue weighted by molar-refractivity contribution is 0.104. The molecule has 0 aliphatic carbocycles. The molecule has 2 aromatic rings. The van der Waals surface area contributed by atoms with Gasteiger partial charge in [0.15, 0.2) is 0 Å². The number of hydrogen-bond donors (Lipinski definition) is 1. The minimum absolute atomic E-state index is 0.0187. The summed E-state index contributed by atoms with van der Waals surface area (Å²) in [5.74, 6) is 0.437. The van der Waals surface area contributed by atoms with Crippen molar-refractivity contribution in [3.63, 3.8) is 0 Å². The molecule has 4 nitrogen and oxygen atoms in total. The maximum Gasteiger partial charge on any atom is 0.321 e. The summed E-state index contributed by atoms with van der Waals surface area (Å²) in [5, 5.41) is 5.13. The third-order valence-corrected chi connectivity index (χ3v) is 5.07. The fourth-order valence-electron chi connectivity index (χ4n) is 3.05. The highest BCUT2D eigenvalue weighted by molar-refractivity contribution is 7.13. The number of nitrogens with one attached hydrogen (secondary N) is 1.